The van der Waals surface area contributed by atoms with E-state index in [9.17, 15) is 4.79 Å². The Labute approximate surface area is 168 Å². The van der Waals surface area contributed by atoms with Crippen molar-refractivity contribution in [1.82, 2.24) is 10.2 Å². The lowest BCUT2D eigenvalue weighted by molar-refractivity contribution is -0.139. The van der Waals surface area contributed by atoms with Gasteiger partial charge < -0.3 is 10.1 Å². The molecule has 0 bridgehead atoms. The van der Waals surface area contributed by atoms with Gasteiger partial charge in [-0.3, -0.25) is 9.69 Å². The molecule has 1 N–H and O–H groups in total. The van der Waals surface area contributed by atoms with Crippen LogP contribution in [-0.4, -0.2) is 42.6 Å². The van der Waals surface area contributed by atoms with Crippen LogP contribution < -0.4 is 5.32 Å². The van der Waals surface area contributed by atoms with E-state index < -0.39 is 6.10 Å². The molecule has 1 heterocycles. The number of nitrogens with zero attached hydrogens (tertiary/aromatic N) is 1. The summed E-state index contributed by atoms with van der Waals surface area (Å²) in [6.07, 6.45) is 0.475. The molecule has 0 aliphatic carbocycles. The summed E-state index contributed by atoms with van der Waals surface area (Å²) in [5.74, 6) is -0.00544. The molecule has 28 heavy (non-hydrogen) atoms. The van der Waals surface area contributed by atoms with Gasteiger partial charge in [-0.05, 0) is 29.9 Å². The molecule has 0 spiro atoms. The van der Waals surface area contributed by atoms with Crippen molar-refractivity contribution in [3.8, 4) is 0 Å². The quantitative estimate of drug-likeness (QED) is 0.795. The Morgan fingerprint density at radius 3 is 2.46 bits per heavy atom. The molecule has 2 aromatic rings. The highest BCUT2D eigenvalue weighted by molar-refractivity contribution is 5.81. The average molecular weight is 381 g/mol. The van der Waals surface area contributed by atoms with Gasteiger partial charge in [-0.25, -0.2) is 0 Å². The highest BCUT2D eigenvalue weighted by Crippen LogP contribution is 2.28. The van der Waals surface area contributed by atoms with Crippen LogP contribution in [0.2, 0.25) is 0 Å². The second-order valence-electron chi connectivity index (χ2n) is 8.44. The van der Waals surface area contributed by atoms with E-state index in [1.54, 1.807) is 0 Å². The molecule has 1 saturated heterocycles. The lowest BCUT2D eigenvalue weighted by atomic mass is 9.79. The summed E-state index contributed by atoms with van der Waals surface area (Å²) >= 11 is 0. The highest BCUT2D eigenvalue weighted by Gasteiger charge is 2.29. The maximum Gasteiger partial charge on any atom is 0.250 e. The number of amides is 1. The number of hydrogen-bond donors (Lipinski definition) is 1. The van der Waals surface area contributed by atoms with Gasteiger partial charge >= 0.3 is 0 Å². The van der Waals surface area contributed by atoms with Crippen molar-refractivity contribution >= 4 is 5.91 Å². The highest BCUT2D eigenvalue weighted by atomic mass is 16.5. The molecule has 0 saturated carbocycles. The SMILES string of the molecule is CC(CC(C)(C)c1ccccc1)NC(=O)C1CN(Cc2ccccc2)CCO1. The standard InChI is InChI=1S/C24H32N2O2/c1-19(16-24(2,3)21-12-8-5-9-13-21)25-23(27)22-18-26(14-15-28-22)17-20-10-6-4-7-11-20/h4-13,19,22H,14-18H2,1-3H3,(H,25,27). The molecule has 1 aliphatic heterocycles. The van der Waals surface area contributed by atoms with Crippen molar-refractivity contribution in [3.63, 3.8) is 0 Å². The number of hydrogen-bond acceptors (Lipinski definition) is 3. The van der Waals surface area contributed by atoms with Crippen LogP contribution in [0.1, 0.15) is 38.3 Å². The van der Waals surface area contributed by atoms with Crippen LogP contribution in [0.3, 0.4) is 0 Å². The van der Waals surface area contributed by atoms with Gasteiger partial charge in [-0.1, -0.05) is 74.5 Å². The first-order valence-corrected chi connectivity index (χ1v) is 10.2. The van der Waals surface area contributed by atoms with E-state index in [1.807, 2.05) is 12.1 Å². The van der Waals surface area contributed by atoms with Crippen LogP contribution >= 0.6 is 0 Å². The predicted molar refractivity (Wildman–Crippen MR) is 113 cm³/mol. The smallest absolute Gasteiger partial charge is 0.250 e. The van der Waals surface area contributed by atoms with Crippen LogP contribution in [0.5, 0.6) is 0 Å². The summed E-state index contributed by atoms with van der Waals surface area (Å²) in [6, 6.07) is 20.9. The normalized spacial score (nSPS) is 19.2. The molecule has 4 heteroatoms. The molecule has 4 nitrogen and oxygen atoms in total. The van der Waals surface area contributed by atoms with Gasteiger partial charge in [0.1, 0.15) is 6.10 Å². The average Bonchev–Trinajstić information content (AvgIpc) is 2.69. The second kappa shape index (κ2) is 9.35. The maximum absolute atomic E-state index is 12.8. The summed E-state index contributed by atoms with van der Waals surface area (Å²) in [4.78, 5) is 15.1. The fourth-order valence-corrected chi connectivity index (χ4v) is 4.01. The first-order valence-electron chi connectivity index (χ1n) is 10.2. The molecule has 2 aromatic carbocycles. The summed E-state index contributed by atoms with van der Waals surface area (Å²) in [5.41, 5.74) is 2.56. The number of carbonyl (C=O) groups excluding carboxylic acids is 1. The minimum Gasteiger partial charge on any atom is -0.366 e. The van der Waals surface area contributed by atoms with E-state index in [1.165, 1.54) is 11.1 Å². The van der Waals surface area contributed by atoms with Crippen molar-refractivity contribution in [2.45, 2.75) is 51.3 Å². The van der Waals surface area contributed by atoms with Crippen molar-refractivity contribution in [2.24, 2.45) is 0 Å². The van der Waals surface area contributed by atoms with Crippen LogP contribution in [0.25, 0.3) is 0 Å². The summed E-state index contributed by atoms with van der Waals surface area (Å²) in [7, 11) is 0. The zero-order valence-electron chi connectivity index (χ0n) is 17.2. The zero-order valence-corrected chi connectivity index (χ0v) is 17.2. The van der Waals surface area contributed by atoms with Crippen molar-refractivity contribution in [1.29, 1.82) is 0 Å². The number of rotatable bonds is 7. The third-order valence-corrected chi connectivity index (χ3v) is 5.45. The minimum atomic E-state index is -0.403. The number of benzene rings is 2. The maximum atomic E-state index is 12.8. The fraction of sp³-hybridized carbons (Fsp3) is 0.458. The molecule has 150 valence electrons. The Morgan fingerprint density at radius 2 is 1.79 bits per heavy atom. The molecular weight excluding hydrogens is 348 g/mol. The number of ether oxygens (including phenoxy) is 1. The van der Waals surface area contributed by atoms with Crippen LogP contribution in [-0.2, 0) is 21.5 Å². The van der Waals surface area contributed by atoms with E-state index in [-0.39, 0.29) is 17.4 Å². The Balaban J connectivity index is 1.52. The lowest BCUT2D eigenvalue weighted by Gasteiger charge is -2.34. The molecule has 1 fully saturated rings. The number of nitrogens with one attached hydrogen (secondary N) is 1. The largest absolute Gasteiger partial charge is 0.366 e. The number of morpholine rings is 1. The van der Waals surface area contributed by atoms with Crippen molar-refractivity contribution in [3.05, 3.63) is 71.8 Å². The Morgan fingerprint density at radius 1 is 1.14 bits per heavy atom. The minimum absolute atomic E-state index is 0.000718. The van der Waals surface area contributed by atoms with Gasteiger partial charge in [-0.15, -0.1) is 0 Å². The third kappa shape index (κ3) is 5.66. The Kier molecular flexibility index (Phi) is 6.87. The third-order valence-electron chi connectivity index (χ3n) is 5.45. The van der Waals surface area contributed by atoms with Gasteiger partial charge in [0.05, 0.1) is 6.61 Å². The van der Waals surface area contributed by atoms with Gasteiger partial charge in [0.25, 0.3) is 5.91 Å². The van der Waals surface area contributed by atoms with E-state index in [0.29, 0.717) is 13.2 Å². The zero-order chi connectivity index (χ0) is 20.0. The monoisotopic (exact) mass is 380 g/mol. The van der Waals surface area contributed by atoms with E-state index in [0.717, 1.165) is 19.5 Å². The summed E-state index contributed by atoms with van der Waals surface area (Å²) in [5, 5.41) is 3.17. The second-order valence-corrected chi connectivity index (χ2v) is 8.44. The van der Waals surface area contributed by atoms with E-state index in [2.05, 4.69) is 79.5 Å². The van der Waals surface area contributed by atoms with Gasteiger partial charge in [0, 0.05) is 25.7 Å². The van der Waals surface area contributed by atoms with E-state index >= 15 is 0 Å². The molecule has 2 atom stereocenters. The Bertz CT molecular complexity index is 746. The first-order chi connectivity index (χ1) is 13.4. The van der Waals surface area contributed by atoms with Crippen molar-refractivity contribution in [2.75, 3.05) is 19.7 Å². The van der Waals surface area contributed by atoms with Crippen LogP contribution in [0.4, 0.5) is 0 Å². The molecule has 1 aliphatic rings. The number of carbonyl (C=O) groups is 1. The predicted octanol–water partition coefficient (Wildman–Crippen LogP) is 3.76. The molecule has 1 amide bonds. The summed E-state index contributed by atoms with van der Waals surface area (Å²) < 4.78 is 5.77. The molecule has 0 radical (unpaired) electrons. The molecule has 3 rings (SSSR count). The molecule has 2 unspecified atom stereocenters. The lowest BCUT2D eigenvalue weighted by Crippen LogP contribution is -2.51. The molecular formula is C24H32N2O2. The summed E-state index contributed by atoms with van der Waals surface area (Å²) in [6.45, 7) is 9.46. The fourth-order valence-electron chi connectivity index (χ4n) is 4.01. The van der Waals surface area contributed by atoms with Crippen LogP contribution in [0, 0.1) is 0 Å². The molecule has 0 aromatic heterocycles. The van der Waals surface area contributed by atoms with E-state index in [4.69, 9.17) is 4.74 Å². The van der Waals surface area contributed by atoms with Gasteiger partial charge in [0.15, 0.2) is 0 Å². The topological polar surface area (TPSA) is 41.6 Å². The first kappa shape index (κ1) is 20.6. The van der Waals surface area contributed by atoms with Gasteiger partial charge in [-0.2, -0.15) is 0 Å². The van der Waals surface area contributed by atoms with Crippen LogP contribution in [0.15, 0.2) is 60.7 Å². The van der Waals surface area contributed by atoms with Gasteiger partial charge in [0.2, 0.25) is 0 Å². The van der Waals surface area contributed by atoms with Crippen molar-refractivity contribution < 1.29 is 9.53 Å². The Hall–Kier alpha value is -2.17.